The SMILES string of the molecule is CCN(CC(C)C#N)C(=O)c1cc(C)ccc1Br. The maximum Gasteiger partial charge on any atom is 0.255 e. The Balaban J connectivity index is 2.97. The summed E-state index contributed by atoms with van der Waals surface area (Å²) in [7, 11) is 0. The molecule has 0 saturated carbocycles. The molecular weight excluding hydrogens is 292 g/mol. The van der Waals surface area contributed by atoms with Crippen molar-refractivity contribution in [1.82, 2.24) is 4.90 Å². The van der Waals surface area contributed by atoms with Crippen LogP contribution in [0.15, 0.2) is 22.7 Å². The Bertz CT molecular complexity index is 479. The zero-order valence-electron chi connectivity index (χ0n) is 10.9. The van der Waals surface area contributed by atoms with Crippen LogP contribution in [0.5, 0.6) is 0 Å². The molecule has 0 N–H and O–H groups in total. The van der Waals surface area contributed by atoms with Crippen molar-refractivity contribution >= 4 is 21.8 Å². The van der Waals surface area contributed by atoms with Crippen molar-refractivity contribution in [2.75, 3.05) is 13.1 Å². The van der Waals surface area contributed by atoms with Crippen molar-refractivity contribution in [2.24, 2.45) is 5.92 Å². The molecule has 1 aromatic rings. The van der Waals surface area contributed by atoms with Crippen molar-refractivity contribution < 1.29 is 4.79 Å². The van der Waals surface area contributed by atoms with Gasteiger partial charge in [-0.3, -0.25) is 4.79 Å². The molecule has 0 aromatic heterocycles. The number of carbonyl (C=O) groups excluding carboxylic acids is 1. The lowest BCUT2D eigenvalue weighted by molar-refractivity contribution is 0.0751. The van der Waals surface area contributed by atoms with Gasteiger partial charge in [0.05, 0.1) is 17.6 Å². The summed E-state index contributed by atoms with van der Waals surface area (Å²) in [5, 5.41) is 8.83. The van der Waals surface area contributed by atoms with Crippen LogP contribution >= 0.6 is 15.9 Å². The third kappa shape index (κ3) is 3.58. The van der Waals surface area contributed by atoms with Crippen molar-refractivity contribution in [3.8, 4) is 6.07 Å². The minimum atomic E-state index is -0.155. The van der Waals surface area contributed by atoms with Crippen LogP contribution in [0.3, 0.4) is 0 Å². The van der Waals surface area contributed by atoms with Crippen molar-refractivity contribution in [3.05, 3.63) is 33.8 Å². The summed E-state index contributed by atoms with van der Waals surface area (Å²) >= 11 is 3.40. The molecule has 1 atom stereocenters. The zero-order chi connectivity index (χ0) is 13.7. The number of benzene rings is 1. The predicted octanol–water partition coefficient (Wildman–Crippen LogP) is 3.38. The maximum absolute atomic E-state index is 12.4. The minimum Gasteiger partial charge on any atom is -0.338 e. The Hall–Kier alpha value is -1.34. The van der Waals surface area contributed by atoms with Crippen molar-refractivity contribution in [1.29, 1.82) is 5.26 Å². The Morgan fingerprint density at radius 3 is 2.78 bits per heavy atom. The molecular formula is C14H17BrN2O. The Kier molecular flexibility index (Phi) is 5.36. The summed E-state index contributed by atoms with van der Waals surface area (Å²) in [5.41, 5.74) is 1.70. The summed E-state index contributed by atoms with van der Waals surface area (Å²) < 4.78 is 0.793. The van der Waals surface area contributed by atoms with Crippen LogP contribution in [0, 0.1) is 24.2 Å². The summed E-state index contributed by atoms with van der Waals surface area (Å²) in [4.78, 5) is 14.1. The number of hydrogen-bond donors (Lipinski definition) is 0. The molecule has 3 nitrogen and oxygen atoms in total. The topological polar surface area (TPSA) is 44.1 Å². The number of halogens is 1. The first-order valence-corrected chi connectivity index (χ1v) is 6.74. The molecule has 0 radical (unpaired) electrons. The Morgan fingerprint density at radius 2 is 2.22 bits per heavy atom. The van der Waals surface area contributed by atoms with Crippen LogP contribution in [0.1, 0.15) is 29.8 Å². The highest BCUT2D eigenvalue weighted by molar-refractivity contribution is 9.10. The third-order valence-electron chi connectivity index (χ3n) is 2.74. The van der Waals surface area contributed by atoms with E-state index in [1.54, 1.807) is 4.90 Å². The van der Waals surface area contributed by atoms with Gasteiger partial charge in [-0.15, -0.1) is 0 Å². The monoisotopic (exact) mass is 308 g/mol. The van der Waals surface area contributed by atoms with Gasteiger partial charge in [-0.2, -0.15) is 5.26 Å². The summed E-state index contributed by atoms with van der Waals surface area (Å²) in [5.74, 6) is -0.187. The number of nitriles is 1. The second-order valence-electron chi connectivity index (χ2n) is 4.36. The van der Waals surface area contributed by atoms with Crippen LogP contribution in [0.25, 0.3) is 0 Å². The molecule has 0 heterocycles. The fourth-order valence-electron chi connectivity index (χ4n) is 1.70. The third-order valence-corrected chi connectivity index (χ3v) is 3.43. The van der Waals surface area contributed by atoms with Gasteiger partial charge in [0, 0.05) is 17.6 Å². The minimum absolute atomic E-state index is 0.0322. The number of carbonyl (C=O) groups is 1. The molecule has 1 unspecified atom stereocenters. The molecule has 0 saturated heterocycles. The molecule has 1 rings (SSSR count). The van der Waals surface area contributed by atoms with Crippen LogP contribution in [-0.2, 0) is 0 Å². The zero-order valence-corrected chi connectivity index (χ0v) is 12.5. The predicted molar refractivity (Wildman–Crippen MR) is 75.2 cm³/mol. The van der Waals surface area contributed by atoms with Gasteiger partial charge in [-0.05, 0) is 48.8 Å². The Morgan fingerprint density at radius 1 is 1.56 bits per heavy atom. The van der Waals surface area contributed by atoms with Gasteiger partial charge in [-0.1, -0.05) is 11.6 Å². The summed E-state index contributed by atoms with van der Waals surface area (Å²) in [6.45, 7) is 6.77. The lowest BCUT2D eigenvalue weighted by Gasteiger charge is -2.22. The molecule has 4 heteroatoms. The van der Waals surface area contributed by atoms with Gasteiger partial charge in [0.25, 0.3) is 5.91 Å². The van der Waals surface area contributed by atoms with Crippen LogP contribution in [0.2, 0.25) is 0 Å². The second-order valence-corrected chi connectivity index (χ2v) is 5.21. The van der Waals surface area contributed by atoms with Crippen molar-refractivity contribution in [3.63, 3.8) is 0 Å². The number of aryl methyl sites for hydroxylation is 1. The highest BCUT2D eigenvalue weighted by atomic mass is 79.9. The summed E-state index contributed by atoms with van der Waals surface area (Å²) in [6.07, 6.45) is 0. The highest BCUT2D eigenvalue weighted by Crippen LogP contribution is 2.20. The van der Waals surface area contributed by atoms with Gasteiger partial charge in [0.15, 0.2) is 0 Å². The largest absolute Gasteiger partial charge is 0.338 e. The lowest BCUT2D eigenvalue weighted by atomic mass is 10.1. The second kappa shape index (κ2) is 6.55. The van der Waals surface area contributed by atoms with E-state index in [4.69, 9.17) is 5.26 Å². The molecule has 1 aromatic carbocycles. The van der Waals surface area contributed by atoms with E-state index in [0.29, 0.717) is 18.7 Å². The van der Waals surface area contributed by atoms with E-state index in [9.17, 15) is 4.79 Å². The van der Waals surface area contributed by atoms with Gasteiger partial charge >= 0.3 is 0 Å². The fraction of sp³-hybridized carbons (Fsp3) is 0.429. The first kappa shape index (κ1) is 14.7. The number of nitrogens with zero attached hydrogens (tertiary/aromatic N) is 2. The normalized spacial score (nSPS) is 11.7. The first-order valence-electron chi connectivity index (χ1n) is 5.94. The van der Waals surface area contributed by atoms with Crippen molar-refractivity contribution in [2.45, 2.75) is 20.8 Å². The van der Waals surface area contributed by atoms with E-state index in [-0.39, 0.29) is 11.8 Å². The molecule has 0 aliphatic rings. The number of hydrogen-bond acceptors (Lipinski definition) is 2. The molecule has 0 aliphatic heterocycles. The molecule has 0 aliphatic carbocycles. The fourth-order valence-corrected chi connectivity index (χ4v) is 2.12. The van der Waals surface area contributed by atoms with Gasteiger partial charge in [0.2, 0.25) is 0 Å². The molecule has 0 bridgehead atoms. The van der Waals surface area contributed by atoms with Crippen LogP contribution in [-0.4, -0.2) is 23.9 Å². The molecule has 1 amide bonds. The first-order chi connectivity index (χ1) is 8.49. The van der Waals surface area contributed by atoms with Gasteiger partial charge < -0.3 is 4.90 Å². The van der Waals surface area contributed by atoms with E-state index < -0.39 is 0 Å². The molecule has 0 spiro atoms. The van der Waals surface area contributed by atoms with E-state index in [2.05, 4.69) is 22.0 Å². The van der Waals surface area contributed by atoms with E-state index in [1.165, 1.54) is 0 Å². The molecule has 0 fully saturated rings. The molecule has 96 valence electrons. The van der Waals surface area contributed by atoms with E-state index >= 15 is 0 Å². The number of amides is 1. The average Bonchev–Trinajstić information content (AvgIpc) is 2.37. The van der Waals surface area contributed by atoms with E-state index in [1.807, 2.05) is 39.0 Å². The van der Waals surface area contributed by atoms with Gasteiger partial charge in [0.1, 0.15) is 0 Å². The maximum atomic E-state index is 12.4. The molecule has 18 heavy (non-hydrogen) atoms. The quantitative estimate of drug-likeness (QED) is 0.856. The number of rotatable bonds is 4. The standard InChI is InChI=1S/C14H17BrN2O/c1-4-17(9-11(3)8-16)14(18)12-7-10(2)5-6-13(12)15/h5-7,11H,4,9H2,1-3H3. The lowest BCUT2D eigenvalue weighted by Crippen LogP contribution is -2.34. The van der Waals surface area contributed by atoms with Gasteiger partial charge in [-0.25, -0.2) is 0 Å². The summed E-state index contributed by atoms with van der Waals surface area (Å²) in [6, 6.07) is 7.86. The Labute approximate surface area is 117 Å². The van der Waals surface area contributed by atoms with Crippen LogP contribution in [0.4, 0.5) is 0 Å². The smallest absolute Gasteiger partial charge is 0.255 e. The van der Waals surface area contributed by atoms with E-state index in [0.717, 1.165) is 10.0 Å². The average molecular weight is 309 g/mol. The van der Waals surface area contributed by atoms with Crippen LogP contribution < -0.4 is 0 Å². The highest BCUT2D eigenvalue weighted by Gasteiger charge is 2.18.